The van der Waals surface area contributed by atoms with Crippen molar-refractivity contribution in [2.24, 2.45) is 0 Å². The molecule has 26 heavy (non-hydrogen) atoms. The number of Topliss-reactive ketones (excluding diaryl/α,β-unsaturated/α-hetero) is 1. The normalized spacial score (nSPS) is 12.0. The van der Waals surface area contributed by atoms with Gasteiger partial charge in [-0.3, -0.25) is 4.79 Å². The first kappa shape index (κ1) is 18.0. The summed E-state index contributed by atoms with van der Waals surface area (Å²) in [6.07, 6.45) is 0. The zero-order valence-electron chi connectivity index (χ0n) is 13.9. The van der Waals surface area contributed by atoms with E-state index in [9.17, 15) is 13.6 Å². The fourth-order valence-electron chi connectivity index (χ4n) is 2.30. The SMILES string of the molecule is COc1ccccc1-n1nnnc1SC(C)C(=O)c1ccc(F)c(F)c1. The standard InChI is InChI=1S/C17H14F2N4O2S/c1-10(16(24)11-7-8-12(18)13(19)9-11)26-17-20-21-22-23(17)14-5-3-4-6-15(14)25-2/h3-10H,1-2H3. The fourth-order valence-corrected chi connectivity index (χ4v) is 3.18. The second-order valence-corrected chi connectivity index (χ2v) is 6.61. The number of rotatable bonds is 6. The summed E-state index contributed by atoms with van der Waals surface area (Å²) in [6, 6.07) is 10.2. The Morgan fingerprint density at radius 2 is 1.96 bits per heavy atom. The van der Waals surface area contributed by atoms with Gasteiger partial charge in [0, 0.05) is 5.56 Å². The first-order valence-corrected chi connectivity index (χ1v) is 8.47. The maximum atomic E-state index is 13.4. The van der Waals surface area contributed by atoms with E-state index < -0.39 is 16.9 Å². The molecule has 0 saturated heterocycles. The topological polar surface area (TPSA) is 69.9 Å². The number of nitrogens with zero attached hydrogens (tertiary/aromatic N) is 4. The molecule has 134 valence electrons. The minimum absolute atomic E-state index is 0.0835. The van der Waals surface area contributed by atoms with Crippen molar-refractivity contribution in [2.75, 3.05) is 7.11 Å². The largest absolute Gasteiger partial charge is 0.494 e. The number of ketones is 1. The lowest BCUT2D eigenvalue weighted by atomic mass is 10.1. The van der Waals surface area contributed by atoms with E-state index in [1.54, 1.807) is 19.1 Å². The Labute approximate surface area is 152 Å². The number of carbonyl (C=O) groups is 1. The number of halogens is 2. The summed E-state index contributed by atoms with van der Waals surface area (Å²) in [6.45, 7) is 1.65. The monoisotopic (exact) mass is 376 g/mol. The first-order valence-electron chi connectivity index (χ1n) is 7.59. The quantitative estimate of drug-likeness (QED) is 0.486. The molecule has 1 unspecified atom stereocenters. The van der Waals surface area contributed by atoms with Crippen molar-refractivity contribution in [2.45, 2.75) is 17.3 Å². The zero-order valence-corrected chi connectivity index (χ0v) is 14.7. The van der Waals surface area contributed by atoms with Crippen molar-refractivity contribution < 1.29 is 18.3 Å². The maximum Gasteiger partial charge on any atom is 0.214 e. The molecule has 0 aliphatic rings. The lowest BCUT2D eigenvalue weighted by Crippen LogP contribution is -2.15. The second kappa shape index (κ2) is 7.61. The fraction of sp³-hybridized carbons (Fsp3) is 0.176. The van der Waals surface area contributed by atoms with E-state index in [0.717, 1.165) is 23.9 Å². The van der Waals surface area contributed by atoms with Gasteiger partial charge in [-0.15, -0.1) is 5.10 Å². The minimum Gasteiger partial charge on any atom is -0.494 e. The van der Waals surface area contributed by atoms with Gasteiger partial charge in [-0.05, 0) is 47.7 Å². The highest BCUT2D eigenvalue weighted by atomic mass is 32.2. The van der Waals surface area contributed by atoms with Crippen LogP contribution in [0.4, 0.5) is 8.78 Å². The highest BCUT2D eigenvalue weighted by molar-refractivity contribution is 8.00. The number of thioether (sulfide) groups is 1. The molecule has 9 heteroatoms. The molecule has 1 aromatic heterocycles. The molecule has 0 amide bonds. The third-order valence-corrected chi connectivity index (χ3v) is 4.64. The number of tetrazole rings is 1. The maximum absolute atomic E-state index is 13.4. The number of carbonyl (C=O) groups excluding carboxylic acids is 1. The molecule has 0 N–H and O–H groups in total. The Hall–Kier alpha value is -2.81. The molecule has 0 aliphatic carbocycles. The molecule has 1 heterocycles. The van der Waals surface area contributed by atoms with Crippen LogP contribution in [0.1, 0.15) is 17.3 Å². The van der Waals surface area contributed by atoms with Crippen LogP contribution in [0.5, 0.6) is 5.75 Å². The Kier molecular flexibility index (Phi) is 5.27. The van der Waals surface area contributed by atoms with Crippen LogP contribution in [0.25, 0.3) is 5.69 Å². The smallest absolute Gasteiger partial charge is 0.214 e. The van der Waals surface area contributed by atoms with Gasteiger partial charge in [-0.2, -0.15) is 4.68 Å². The molecule has 6 nitrogen and oxygen atoms in total. The van der Waals surface area contributed by atoms with Crippen LogP contribution in [0.3, 0.4) is 0 Å². The number of hydrogen-bond acceptors (Lipinski definition) is 6. The van der Waals surface area contributed by atoms with E-state index in [1.165, 1.54) is 17.9 Å². The van der Waals surface area contributed by atoms with Gasteiger partial charge in [0.05, 0.1) is 12.4 Å². The van der Waals surface area contributed by atoms with E-state index >= 15 is 0 Å². The molecule has 1 atom stereocenters. The van der Waals surface area contributed by atoms with Crippen LogP contribution < -0.4 is 4.74 Å². The lowest BCUT2D eigenvalue weighted by Gasteiger charge is -2.12. The number of para-hydroxylation sites is 2. The zero-order chi connectivity index (χ0) is 18.7. The third-order valence-electron chi connectivity index (χ3n) is 3.61. The average molecular weight is 376 g/mol. The van der Waals surface area contributed by atoms with Crippen molar-refractivity contribution >= 4 is 17.5 Å². The van der Waals surface area contributed by atoms with Crippen LogP contribution in [0, 0.1) is 11.6 Å². The molecular weight excluding hydrogens is 362 g/mol. The summed E-state index contributed by atoms with van der Waals surface area (Å²) >= 11 is 1.11. The Balaban J connectivity index is 1.84. The molecule has 0 radical (unpaired) electrons. The number of ether oxygens (including phenoxy) is 1. The summed E-state index contributed by atoms with van der Waals surface area (Å²) in [5.41, 5.74) is 0.704. The molecular formula is C17H14F2N4O2S. The Morgan fingerprint density at radius 3 is 2.69 bits per heavy atom. The van der Waals surface area contributed by atoms with Crippen LogP contribution in [-0.4, -0.2) is 38.4 Å². The van der Waals surface area contributed by atoms with Gasteiger partial charge in [0.15, 0.2) is 17.4 Å². The van der Waals surface area contributed by atoms with Crippen molar-refractivity contribution in [3.05, 3.63) is 59.7 Å². The number of aromatic nitrogens is 4. The Morgan fingerprint density at radius 1 is 1.19 bits per heavy atom. The van der Waals surface area contributed by atoms with Gasteiger partial charge in [-0.1, -0.05) is 23.9 Å². The van der Waals surface area contributed by atoms with Crippen molar-refractivity contribution in [3.63, 3.8) is 0 Å². The first-order chi connectivity index (χ1) is 12.5. The van der Waals surface area contributed by atoms with Gasteiger partial charge in [0.2, 0.25) is 5.16 Å². The molecule has 3 aromatic rings. The molecule has 2 aromatic carbocycles. The van der Waals surface area contributed by atoms with Crippen molar-refractivity contribution in [1.82, 2.24) is 20.2 Å². The third kappa shape index (κ3) is 3.57. The summed E-state index contributed by atoms with van der Waals surface area (Å²) in [5, 5.41) is 11.3. The summed E-state index contributed by atoms with van der Waals surface area (Å²) in [7, 11) is 1.53. The summed E-state index contributed by atoms with van der Waals surface area (Å²) in [4.78, 5) is 12.5. The van der Waals surface area contributed by atoms with Crippen LogP contribution in [-0.2, 0) is 0 Å². The summed E-state index contributed by atoms with van der Waals surface area (Å²) < 4.78 is 33.2. The number of hydrogen-bond donors (Lipinski definition) is 0. The van der Waals surface area contributed by atoms with Crippen LogP contribution >= 0.6 is 11.8 Å². The Bertz CT molecular complexity index is 948. The molecule has 0 aliphatic heterocycles. The van der Waals surface area contributed by atoms with Gasteiger partial charge < -0.3 is 4.74 Å². The van der Waals surface area contributed by atoms with Gasteiger partial charge in [0.25, 0.3) is 0 Å². The summed E-state index contributed by atoms with van der Waals surface area (Å²) in [5.74, 6) is -1.85. The van der Waals surface area contributed by atoms with Gasteiger partial charge in [0.1, 0.15) is 11.4 Å². The van der Waals surface area contributed by atoms with Crippen molar-refractivity contribution in [1.29, 1.82) is 0 Å². The van der Waals surface area contributed by atoms with E-state index in [2.05, 4.69) is 15.5 Å². The van der Waals surface area contributed by atoms with Crippen LogP contribution in [0.2, 0.25) is 0 Å². The molecule has 0 saturated carbocycles. The molecule has 0 spiro atoms. The second-order valence-electron chi connectivity index (χ2n) is 5.30. The van der Waals surface area contributed by atoms with E-state index in [0.29, 0.717) is 16.6 Å². The van der Waals surface area contributed by atoms with E-state index in [1.807, 2.05) is 12.1 Å². The number of benzene rings is 2. The van der Waals surface area contributed by atoms with Gasteiger partial charge >= 0.3 is 0 Å². The van der Waals surface area contributed by atoms with Crippen molar-refractivity contribution in [3.8, 4) is 11.4 Å². The van der Waals surface area contributed by atoms with E-state index in [-0.39, 0.29) is 11.3 Å². The average Bonchev–Trinajstić information content (AvgIpc) is 3.11. The van der Waals surface area contributed by atoms with Crippen LogP contribution in [0.15, 0.2) is 47.6 Å². The molecule has 0 bridgehead atoms. The predicted octanol–water partition coefficient (Wildman–Crippen LogP) is 3.31. The molecule has 0 fully saturated rings. The highest BCUT2D eigenvalue weighted by Gasteiger charge is 2.22. The van der Waals surface area contributed by atoms with Gasteiger partial charge in [-0.25, -0.2) is 8.78 Å². The minimum atomic E-state index is -1.06. The van der Waals surface area contributed by atoms with E-state index in [4.69, 9.17) is 4.74 Å². The predicted molar refractivity (Wildman–Crippen MR) is 91.7 cm³/mol. The number of methoxy groups -OCH3 is 1. The highest BCUT2D eigenvalue weighted by Crippen LogP contribution is 2.29. The molecule has 3 rings (SSSR count). The lowest BCUT2D eigenvalue weighted by molar-refractivity contribution is 0.0993.